The fourth-order valence-electron chi connectivity index (χ4n) is 4.64. The summed E-state index contributed by atoms with van der Waals surface area (Å²) in [4.78, 5) is 9.45. The number of allylic oxidation sites excluding steroid dienone is 1. The van der Waals surface area contributed by atoms with Crippen molar-refractivity contribution in [3.8, 4) is 11.1 Å². The Morgan fingerprint density at radius 3 is 2.53 bits per heavy atom. The summed E-state index contributed by atoms with van der Waals surface area (Å²) in [6.45, 7) is 16.3. The highest BCUT2D eigenvalue weighted by Crippen LogP contribution is 2.25. The monoisotopic (exact) mass is 431 g/mol. The quantitative estimate of drug-likeness (QED) is 0.600. The van der Waals surface area contributed by atoms with Gasteiger partial charge in [0.25, 0.3) is 0 Å². The third kappa shape index (κ3) is 5.28. The van der Waals surface area contributed by atoms with Gasteiger partial charge in [-0.25, -0.2) is 0 Å². The van der Waals surface area contributed by atoms with Crippen molar-refractivity contribution < 1.29 is 0 Å². The van der Waals surface area contributed by atoms with Crippen LogP contribution in [0.15, 0.2) is 48.9 Å². The van der Waals surface area contributed by atoms with Gasteiger partial charge in [0.15, 0.2) is 0 Å². The molecule has 3 heterocycles. The molecule has 170 valence electrons. The number of aryl methyl sites for hydroxylation is 1. The normalized spacial score (nSPS) is 17.9. The fraction of sp³-hybridized carbons (Fsp3) is 0.481. The van der Waals surface area contributed by atoms with Crippen molar-refractivity contribution in [3.63, 3.8) is 0 Å². The van der Waals surface area contributed by atoms with Gasteiger partial charge in [-0.2, -0.15) is 0 Å². The molecule has 2 fully saturated rings. The first-order valence-electron chi connectivity index (χ1n) is 12.0. The molecule has 0 aliphatic carbocycles. The van der Waals surface area contributed by atoms with Crippen LogP contribution < -0.4 is 5.32 Å². The number of pyridine rings is 1. The Bertz CT molecular complexity index is 968. The second-order valence-corrected chi connectivity index (χ2v) is 9.64. The molecule has 2 aliphatic heterocycles. The van der Waals surface area contributed by atoms with Gasteiger partial charge in [-0.05, 0) is 81.9 Å². The smallest absolute Gasteiger partial charge is 0.0840 e. The largest absolute Gasteiger partial charge is 0.381 e. The first-order valence-corrected chi connectivity index (χ1v) is 12.0. The maximum Gasteiger partial charge on any atom is 0.0840 e. The minimum Gasteiger partial charge on any atom is -0.381 e. The summed E-state index contributed by atoms with van der Waals surface area (Å²) in [6.07, 6.45) is 7.38. The topological polar surface area (TPSA) is 55.3 Å². The molecule has 0 amide bonds. The average molecular weight is 432 g/mol. The summed E-state index contributed by atoms with van der Waals surface area (Å²) in [5, 5.41) is 12.4. The summed E-state index contributed by atoms with van der Waals surface area (Å²) >= 11 is 0. The van der Waals surface area contributed by atoms with E-state index in [0.29, 0.717) is 17.8 Å². The highest BCUT2D eigenvalue weighted by Gasteiger charge is 2.22. The SMILES string of the molecule is C=C(NC1CCN(C(C)C)CC1)C(=N)c1cc(-c2cncc(CN3CCC3)c2)ccc1C. The van der Waals surface area contributed by atoms with Crippen LogP contribution in [0.1, 0.15) is 49.8 Å². The van der Waals surface area contributed by atoms with Gasteiger partial charge in [0.2, 0.25) is 0 Å². The summed E-state index contributed by atoms with van der Waals surface area (Å²) in [6, 6.07) is 9.59. The van der Waals surface area contributed by atoms with E-state index in [0.717, 1.165) is 60.4 Å². The van der Waals surface area contributed by atoms with Crippen LogP contribution in [0.5, 0.6) is 0 Å². The number of benzene rings is 1. The predicted octanol–water partition coefficient (Wildman–Crippen LogP) is 4.61. The molecule has 2 aliphatic rings. The first-order chi connectivity index (χ1) is 15.4. The Balaban J connectivity index is 1.44. The van der Waals surface area contributed by atoms with Crippen molar-refractivity contribution in [1.29, 1.82) is 5.41 Å². The van der Waals surface area contributed by atoms with Crippen molar-refractivity contribution in [2.24, 2.45) is 0 Å². The maximum atomic E-state index is 8.83. The number of piperidine rings is 1. The van der Waals surface area contributed by atoms with Gasteiger partial charge in [0, 0.05) is 55.2 Å². The Morgan fingerprint density at radius 2 is 1.88 bits per heavy atom. The van der Waals surface area contributed by atoms with E-state index in [-0.39, 0.29) is 0 Å². The van der Waals surface area contributed by atoms with Gasteiger partial charge in [-0.3, -0.25) is 15.3 Å². The second kappa shape index (κ2) is 9.97. The third-order valence-electron chi connectivity index (χ3n) is 6.93. The molecule has 0 bridgehead atoms. The number of rotatable bonds is 8. The molecule has 2 N–H and O–H groups in total. The molecule has 5 heteroatoms. The number of hydrogen-bond acceptors (Lipinski definition) is 5. The van der Waals surface area contributed by atoms with Crippen LogP contribution in [0, 0.1) is 12.3 Å². The number of aromatic nitrogens is 1. The first kappa shape index (κ1) is 22.7. The van der Waals surface area contributed by atoms with Crippen LogP contribution in [0.25, 0.3) is 11.1 Å². The molecule has 1 aromatic heterocycles. The van der Waals surface area contributed by atoms with E-state index in [2.05, 4.69) is 71.7 Å². The van der Waals surface area contributed by atoms with E-state index in [9.17, 15) is 0 Å². The van der Waals surface area contributed by atoms with Crippen molar-refractivity contribution >= 4 is 5.71 Å². The molecule has 32 heavy (non-hydrogen) atoms. The molecule has 4 rings (SSSR count). The van der Waals surface area contributed by atoms with Crippen molar-refractivity contribution in [1.82, 2.24) is 20.1 Å². The molecule has 0 spiro atoms. The molecule has 0 radical (unpaired) electrons. The fourth-order valence-corrected chi connectivity index (χ4v) is 4.64. The zero-order valence-corrected chi connectivity index (χ0v) is 19.8. The standard InChI is InChI=1S/C27H37N5/c1-19(2)32-12-8-25(9-13-32)30-21(4)27(28)26-15-23(7-6-20(26)3)24-14-22(16-29-17-24)18-31-10-5-11-31/h6-7,14-17,19,25,28,30H,4-5,8-13,18H2,1-3H3. The summed E-state index contributed by atoms with van der Waals surface area (Å²) in [7, 11) is 0. The molecular formula is C27H37N5. The minimum atomic E-state index is 0.392. The van der Waals surface area contributed by atoms with Crippen LogP contribution >= 0.6 is 0 Å². The second-order valence-electron chi connectivity index (χ2n) is 9.64. The molecule has 1 aromatic carbocycles. The van der Waals surface area contributed by atoms with Crippen LogP contribution in [0.4, 0.5) is 0 Å². The van der Waals surface area contributed by atoms with E-state index < -0.39 is 0 Å². The number of nitrogens with zero attached hydrogens (tertiary/aromatic N) is 3. The van der Waals surface area contributed by atoms with Gasteiger partial charge >= 0.3 is 0 Å². The lowest BCUT2D eigenvalue weighted by atomic mass is 9.95. The summed E-state index contributed by atoms with van der Waals surface area (Å²) in [5.41, 5.74) is 6.70. The van der Waals surface area contributed by atoms with Gasteiger partial charge in [0.05, 0.1) is 11.4 Å². The number of hydrogen-bond donors (Lipinski definition) is 2. The zero-order valence-electron chi connectivity index (χ0n) is 19.8. The number of likely N-dealkylation sites (tertiary alicyclic amines) is 2. The number of nitrogens with one attached hydrogen (secondary N) is 2. The van der Waals surface area contributed by atoms with Gasteiger partial charge in [-0.15, -0.1) is 0 Å². The van der Waals surface area contributed by atoms with Gasteiger partial charge in [0.1, 0.15) is 0 Å². The van der Waals surface area contributed by atoms with E-state index in [1.165, 1.54) is 25.1 Å². The van der Waals surface area contributed by atoms with Crippen molar-refractivity contribution in [3.05, 3.63) is 65.6 Å². The van der Waals surface area contributed by atoms with E-state index in [1.807, 2.05) is 12.4 Å². The molecular weight excluding hydrogens is 394 g/mol. The van der Waals surface area contributed by atoms with Crippen molar-refractivity contribution in [2.75, 3.05) is 26.2 Å². The molecule has 2 aromatic rings. The molecule has 0 atom stereocenters. The molecule has 2 saturated heterocycles. The Hall–Kier alpha value is -2.50. The van der Waals surface area contributed by atoms with Gasteiger partial charge < -0.3 is 10.2 Å². The average Bonchev–Trinajstić information content (AvgIpc) is 2.76. The van der Waals surface area contributed by atoms with Crippen LogP contribution in [-0.4, -0.2) is 58.8 Å². The van der Waals surface area contributed by atoms with E-state index >= 15 is 0 Å². The molecule has 0 saturated carbocycles. The summed E-state index contributed by atoms with van der Waals surface area (Å²) < 4.78 is 0. The lowest BCUT2D eigenvalue weighted by Gasteiger charge is -2.35. The Kier molecular flexibility index (Phi) is 7.07. The minimum absolute atomic E-state index is 0.392. The zero-order chi connectivity index (χ0) is 22.7. The van der Waals surface area contributed by atoms with Crippen LogP contribution in [0.2, 0.25) is 0 Å². The lowest BCUT2D eigenvalue weighted by molar-refractivity contribution is 0.165. The summed E-state index contributed by atoms with van der Waals surface area (Å²) in [5.74, 6) is 0. The predicted molar refractivity (Wildman–Crippen MR) is 133 cm³/mol. The van der Waals surface area contributed by atoms with Crippen LogP contribution in [0.3, 0.4) is 0 Å². The molecule has 5 nitrogen and oxygen atoms in total. The van der Waals surface area contributed by atoms with Gasteiger partial charge in [-0.1, -0.05) is 18.7 Å². The highest BCUT2D eigenvalue weighted by molar-refractivity contribution is 6.11. The lowest BCUT2D eigenvalue weighted by Crippen LogP contribution is -2.45. The van der Waals surface area contributed by atoms with E-state index in [1.54, 1.807) is 0 Å². The van der Waals surface area contributed by atoms with Crippen LogP contribution in [-0.2, 0) is 6.54 Å². The third-order valence-corrected chi connectivity index (χ3v) is 6.93. The Morgan fingerprint density at radius 1 is 1.12 bits per heavy atom. The van der Waals surface area contributed by atoms with Crippen molar-refractivity contribution in [2.45, 2.75) is 58.7 Å². The molecule has 0 unspecified atom stereocenters. The maximum absolute atomic E-state index is 8.83. The van der Waals surface area contributed by atoms with E-state index in [4.69, 9.17) is 5.41 Å². The highest BCUT2D eigenvalue weighted by atomic mass is 15.2. The Labute approximate surface area is 193 Å².